The summed E-state index contributed by atoms with van der Waals surface area (Å²) in [5.74, 6) is 0.00412. The van der Waals surface area contributed by atoms with Crippen LogP contribution in [0.4, 0.5) is 0 Å². The van der Waals surface area contributed by atoms with Crippen LogP contribution in [0.25, 0.3) is 0 Å². The van der Waals surface area contributed by atoms with Gasteiger partial charge in [0.2, 0.25) is 0 Å². The number of methoxy groups -OCH3 is 1. The van der Waals surface area contributed by atoms with Crippen molar-refractivity contribution >= 4 is 5.97 Å². The molecule has 46 heavy (non-hydrogen) atoms. The van der Waals surface area contributed by atoms with Crippen LogP contribution in [0, 0.1) is 0 Å². The number of esters is 1. The molecule has 6 nitrogen and oxygen atoms in total. The second-order valence-corrected chi connectivity index (χ2v) is 12.9. The van der Waals surface area contributed by atoms with E-state index < -0.39 is 0 Å². The average Bonchev–Trinajstić information content (AvgIpc) is 3.06. The van der Waals surface area contributed by atoms with Gasteiger partial charge < -0.3 is 24.6 Å². The Hall–Kier alpha value is -0.690. The summed E-state index contributed by atoms with van der Waals surface area (Å²) in [5.41, 5.74) is 0. The number of nitrogens with one attached hydrogen (secondary N) is 1. The first-order chi connectivity index (χ1) is 22.4. The minimum absolute atomic E-state index is 0.00412. The molecule has 0 heterocycles. The number of unbranched alkanes of at least 4 members (excludes halogenated alkanes) is 12. The van der Waals surface area contributed by atoms with Gasteiger partial charge in [0.15, 0.2) is 6.29 Å². The van der Waals surface area contributed by atoms with Gasteiger partial charge in [0, 0.05) is 20.1 Å². The fraction of sp³-hybridized carbons (Fsp3) is 0.975. The monoisotopic (exact) mass is 660 g/mol. The molecule has 6 heteroatoms. The molecule has 2 unspecified atom stereocenters. The first kappa shape index (κ1) is 49.7. The lowest BCUT2D eigenvalue weighted by molar-refractivity contribution is -0.162. The molecular formula is C40H85NO5. The van der Waals surface area contributed by atoms with Crippen LogP contribution in [0.5, 0.6) is 0 Å². The van der Waals surface area contributed by atoms with Crippen molar-refractivity contribution in [1.29, 1.82) is 0 Å². The summed E-state index contributed by atoms with van der Waals surface area (Å²) in [6.07, 6.45) is 30.1. The normalized spacial score (nSPS) is 12.8. The van der Waals surface area contributed by atoms with Crippen LogP contribution in [0.2, 0.25) is 0 Å². The van der Waals surface area contributed by atoms with Crippen molar-refractivity contribution in [3.05, 3.63) is 0 Å². The summed E-state index contributed by atoms with van der Waals surface area (Å²) in [6.45, 7) is 17.4. The molecule has 0 saturated carbocycles. The maximum Gasteiger partial charge on any atom is 0.306 e. The molecule has 0 rings (SSSR count). The predicted molar refractivity (Wildman–Crippen MR) is 201 cm³/mol. The van der Waals surface area contributed by atoms with Crippen molar-refractivity contribution in [1.82, 2.24) is 5.32 Å². The minimum atomic E-state index is 0.00412. The molecule has 0 aliphatic rings. The van der Waals surface area contributed by atoms with Crippen molar-refractivity contribution in [2.45, 2.75) is 227 Å². The predicted octanol–water partition coefficient (Wildman–Crippen LogP) is 11.7. The second-order valence-electron chi connectivity index (χ2n) is 12.9. The smallest absolute Gasteiger partial charge is 0.306 e. The van der Waals surface area contributed by atoms with Crippen LogP contribution in [0.3, 0.4) is 0 Å². The molecular weight excluding hydrogens is 574 g/mol. The Kier molecular flexibility index (Phi) is 47.9. The number of carbonyl (C=O) groups is 1. The molecule has 0 aromatic rings. The fourth-order valence-corrected chi connectivity index (χ4v) is 5.09. The van der Waals surface area contributed by atoms with Crippen LogP contribution >= 0.6 is 0 Å². The zero-order valence-electron chi connectivity index (χ0n) is 32.6. The van der Waals surface area contributed by atoms with E-state index in [9.17, 15) is 4.79 Å². The van der Waals surface area contributed by atoms with Crippen LogP contribution in [0.1, 0.15) is 209 Å². The second kappa shape index (κ2) is 44.3. The molecule has 0 amide bonds. The van der Waals surface area contributed by atoms with E-state index in [2.05, 4.69) is 53.8 Å². The van der Waals surface area contributed by atoms with E-state index in [1.807, 2.05) is 0 Å². The molecule has 0 aliphatic heterocycles. The third-order valence-electron chi connectivity index (χ3n) is 8.20. The standard InChI is InChI=1S/C19H40O2.C15H30O2.C6H15NO/c1-5-8-11-12-14-17-19(20-4)21-18(15-10-7-3)16-13-9-6-2;1-4-7-10-12-14(11-8-5-2)17-15(16)13-9-6-3;1-2-3-4-7-5-6-8/h18-19H,5-17H2,1-4H3;14H,4-13H2,1-3H3;7-8H,2-6H2,1H3/t18?,19-;;/m0../s1. The summed E-state index contributed by atoms with van der Waals surface area (Å²) >= 11 is 0. The van der Waals surface area contributed by atoms with Gasteiger partial charge in [-0.25, -0.2) is 0 Å². The van der Waals surface area contributed by atoms with Crippen LogP contribution in [-0.4, -0.2) is 56.4 Å². The zero-order chi connectivity index (χ0) is 34.9. The quantitative estimate of drug-likeness (QED) is 0.0425. The van der Waals surface area contributed by atoms with Gasteiger partial charge >= 0.3 is 5.97 Å². The van der Waals surface area contributed by atoms with E-state index in [4.69, 9.17) is 19.3 Å². The van der Waals surface area contributed by atoms with Crippen molar-refractivity contribution in [3.63, 3.8) is 0 Å². The molecule has 0 aliphatic carbocycles. The highest BCUT2D eigenvalue weighted by molar-refractivity contribution is 5.69. The topological polar surface area (TPSA) is 77.0 Å². The first-order valence-electron chi connectivity index (χ1n) is 20.1. The number of ether oxygens (including phenoxy) is 3. The van der Waals surface area contributed by atoms with Gasteiger partial charge in [0.05, 0.1) is 12.7 Å². The summed E-state index contributed by atoms with van der Waals surface area (Å²) in [5, 5.41) is 11.4. The van der Waals surface area contributed by atoms with E-state index >= 15 is 0 Å². The Morgan fingerprint density at radius 3 is 1.52 bits per heavy atom. The fourth-order valence-electron chi connectivity index (χ4n) is 5.09. The lowest BCUT2D eigenvalue weighted by atomic mass is 10.1. The van der Waals surface area contributed by atoms with Crippen molar-refractivity contribution in [3.8, 4) is 0 Å². The van der Waals surface area contributed by atoms with Crippen LogP contribution < -0.4 is 5.32 Å². The van der Waals surface area contributed by atoms with E-state index in [1.54, 1.807) is 7.11 Å². The van der Waals surface area contributed by atoms with Crippen LogP contribution in [0.15, 0.2) is 0 Å². The Labute approximate surface area is 289 Å². The molecule has 0 aromatic carbocycles. The molecule has 280 valence electrons. The van der Waals surface area contributed by atoms with Crippen molar-refractivity contribution in [2.75, 3.05) is 26.8 Å². The number of hydrogen-bond donors (Lipinski definition) is 2. The molecule has 0 saturated heterocycles. The van der Waals surface area contributed by atoms with Crippen molar-refractivity contribution in [2.24, 2.45) is 0 Å². The maximum atomic E-state index is 11.6. The maximum absolute atomic E-state index is 11.6. The minimum Gasteiger partial charge on any atom is -0.462 e. The van der Waals surface area contributed by atoms with Gasteiger partial charge in [-0.1, -0.05) is 145 Å². The zero-order valence-corrected chi connectivity index (χ0v) is 32.6. The molecule has 2 N–H and O–H groups in total. The van der Waals surface area contributed by atoms with Crippen LogP contribution in [-0.2, 0) is 19.0 Å². The molecule has 0 spiro atoms. The largest absolute Gasteiger partial charge is 0.462 e. The van der Waals surface area contributed by atoms with E-state index in [0.29, 0.717) is 12.5 Å². The molecule has 0 aromatic heterocycles. The Bertz CT molecular complexity index is 542. The van der Waals surface area contributed by atoms with Gasteiger partial charge in [-0.3, -0.25) is 4.79 Å². The Morgan fingerprint density at radius 2 is 1.00 bits per heavy atom. The lowest BCUT2D eigenvalue weighted by Gasteiger charge is -2.24. The number of hydrogen-bond acceptors (Lipinski definition) is 6. The van der Waals surface area contributed by atoms with Crippen molar-refractivity contribution < 1.29 is 24.1 Å². The highest BCUT2D eigenvalue weighted by atomic mass is 16.7. The first-order valence-corrected chi connectivity index (χ1v) is 20.1. The number of carbonyl (C=O) groups excluding carboxylic acids is 1. The molecule has 0 radical (unpaired) electrons. The Balaban J connectivity index is -0.000000660. The van der Waals surface area contributed by atoms with Gasteiger partial charge in [0.1, 0.15) is 6.10 Å². The molecule has 0 fully saturated rings. The van der Waals surface area contributed by atoms with E-state index in [-0.39, 0.29) is 25.0 Å². The SMILES string of the molecule is CCCCCC(CCCC)OC(=O)CCCC.CCCCCCC[C@@H](OC)OC(CCCC)CCCCC.CCCCNCCO. The average molecular weight is 660 g/mol. The number of aliphatic hydroxyl groups is 1. The summed E-state index contributed by atoms with van der Waals surface area (Å²) in [6, 6.07) is 0. The summed E-state index contributed by atoms with van der Waals surface area (Å²) < 4.78 is 17.3. The highest BCUT2D eigenvalue weighted by Crippen LogP contribution is 2.19. The van der Waals surface area contributed by atoms with Gasteiger partial charge in [-0.2, -0.15) is 0 Å². The third-order valence-corrected chi connectivity index (χ3v) is 8.20. The Morgan fingerprint density at radius 1 is 0.543 bits per heavy atom. The third kappa shape index (κ3) is 41.3. The molecule has 0 bridgehead atoms. The van der Waals surface area contributed by atoms with E-state index in [0.717, 1.165) is 51.6 Å². The highest BCUT2D eigenvalue weighted by Gasteiger charge is 2.16. The number of aliphatic hydroxyl groups excluding tert-OH is 1. The van der Waals surface area contributed by atoms with E-state index in [1.165, 1.54) is 116 Å². The summed E-state index contributed by atoms with van der Waals surface area (Å²) in [7, 11) is 1.79. The van der Waals surface area contributed by atoms with Gasteiger partial charge in [0.25, 0.3) is 0 Å². The van der Waals surface area contributed by atoms with Gasteiger partial charge in [-0.15, -0.1) is 0 Å². The molecule has 3 atom stereocenters. The summed E-state index contributed by atoms with van der Waals surface area (Å²) in [4.78, 5) is 11.6. The van der Waals surface area contributed by atoms with Gasteiger partial charge in [-0.05, 0) is 64.3 Å². The lowest BCUT2D eigenvalue weighted by Crippen LogP contribution is -2.24. The number of rotatable bonds is 32.